The summed E-state index contributed by atoms with van der Waals surface area (Å²) in [5.41, 5.74) is 0. The van der Waals surface area contributed by atoms with Gasteiger partial charge in [-0.2, -0.15) is 0 Å². The lowest BCUT2D eigenvalue weighted by Gasteiger charge is -2.26. The molecular weight excluding hydrogens is 146 g/mol. The van der Waals surface area contributed by atoms with Crippen molar-refractivity contribution >= 4 is 12.4 Å². The number of hydrogen-bond donors (Lipinski definition) is 0. The second-order valence-corrected chi connectivity index (χ2v) is 3.13. The molecule has 2 rings (SSSR count). The lowest BCUT2D eigenvalue weighted by atomic mass is 10.1. The Morgan fingerprint density at radius 2 is 2.20 bits per heavy atom. The number of likely N-dealkylation sites (N-methyl/N-ethyl adjacent to an activating group) is 1. The zero-order chi connectivity index (χ0) is 6.27. The van der Waals surface area contributed by atoms with E-state index in [0.717, 1.165) is 12.1 Å². The van der Waals surface area contributed by atoms with Crippen molar-refractivity contribution < 1.29 is 0 Å². The summed E-state index contributed by atoms with van der Waals surface area (Å²) in [7, 11) is 2.24. The minimum Gasteiger partial charge on any atom is -0.297 e. The molecule has 0 aromatic heterocycles. The first-order chi connectivity index (χ1) is 4.38. The van der Waals surface area contributed by atoms with Crippen LogP contribution in [-0.4, -0.2) is 24.0 Å². The molecule has 2 bridgehead atoms. The van der Waals surface area contributed by atoms with Gasteiger partial charge in [-0.1, -0.05) is 12.2 Å². The van der Waals surface area contributed by atoms with Crippen molar-refractivity contribution in [3.8, 4) is 0 Å². The fourth-order valence-corrected chi connectivity index (χ4v) is 1.95. The van der Waals surface area contributed by atoms with Crippen LogP contribution >= 0.6 is 12.4 Å². The van der Waals surface area contributed by atoms with Crippen LogP contribution < -0.4 is 0 Å². The Balaban J connectivity index is 0.000000500. The first-order valence-electron chi connectivity index (χ1n) is 3.76. The molecule has 1 fully saturated rings. The minimum atomic E-state index is 0. The average Bonchev–Trinajstić information content (AvgIpc) is 2.19. The van der Waals surface area contributed by atoms with Gasteiger partial charge in [0.15, 0.2) is 0 Å². The topological polar surface area (TPSA) is 3.24 Å². The molecule has 2 aliphatic heterocycles. The summed E-state index contributed by atoms with van der Waals surface area (Å²) in [6.07, 6.45) is 8.77. The number of rotatable bonds is 0. The van der Waals surface area contributed by atoms with Crippen molar-refractivity contribution in [3.63, 3.8) is 0 Å². The first kappa shape index (κ1) is 8.09. The van der Waals surface area contributed by atoms with Crippen molar-refractivity contribution in [2.75, 3.05) is 7.05 Å². The van der Waals surface area contributed by atoms with E-state index < -0.39 is 0 Å². The summed E-state index contributed by atoms with van der Waals surface area (Å²) in [4.78, 5) is 2.50. The number of hydrogen-bond acceptors (Lipinski definition) is 1. The average molecular weight is 160 g/mol. The predicted molar refractivity (Wildman–Crippen MR) is 45.6 cm³/mol. The van der Waals surface area contributed by atoms with Gasteiger partial charge >= 0.3 is 0 Å². The van der Waals surface area contributed by atoms with E-state index in [1.807, 2.05) is 0 Å². The largest absolute Gasteiger partial charge is 0.297 e. The predicted octanol–water partition coefficient (Wildman–Crippen LogP) is 1.83. The Kier molecular flexibility index (Phi) is 2.37. The Labute approximate surface area is 68.5 Å². The lowest BCUT2D eigenvalue weighted by Crippen LogP contribution is -2.33. The molecule has 0 N–H and O–H groups in total. The minimum absolute atomic E-state index is 0. The van der Waals surface area contributed by atoms with E-state index in [1.165, 1.54) is 19.3 Å². The zero-order valence-corrected chi connectivity index (χ0v) is 7.10. The van der Waals surface area contributed by atoms with Crippen molar-refractivity contribution in [3.05, 3.63) is 12.2 Å². The van der Waals surface area contributed by atoms with E-state index >= 15 is 0 Å². The molecular formula is C8H14ClN. The van der Waals surface area contributed by atoms with Crippen LogP contribution in [0, 0.1) is 0 Å². The van der Waals surface area contributed by atoms with Gasteiger partial charge in [0.2, 0.25) is 0 Å². The van der Waals surface area contributed by atoms with E-state index in [1.54, 1.807) is 0 Å². The van der Waals surface area contributed by atoms with E-state index in [2.05, 4.69) is 24.1 Å². The molecule has 1 nitrogen and oxygen atoms in total. The molecule has 2 unspecified atom stereocenters. The van der Waals surface area contributed by atoms with Gasteiger partial charge < -0.3 is 0 Å². The SMILES string of the molecule is CN1C2C=CCC1CC2.Cl. The summed E-state index contributed by atoms with van der Waals surface area (Å²) in [5.74, 6) is 0. The molecule has 0 aliphatic carbocycles. The van der Waals surface area contributed by atoms with Gasteiger partial charge in [-0.15, -0.1) is 12.4 Å². The molecule has 2 heterocycles. The van der Waals surface area contributed by atoms with Crippen molar-refractivity contribution in [2.24, 2.45) is 0 Å². The van der Waals surface area contributed by atoms with Gasteiger partial charge in [0.05, 0.1) is 0 Å². The summed E-state index contributed by atoms with van der Waals surface area (Å²) in [6.45, 7) is 0. The smallest absolute Gasteiger partial charge is 0.0278 e. The number of fused-ring (bicyclic) bond motifs is 2. The molecule has 2 aliphatic rings. The van der Waals surface area contributed by atoms with E-state index in [-0.39, 0.29) is 12.4 Å². The van der Waals surface area contributed by atoms with Crippen LogP contribution in [0.1, 0.15) is 19.3 Å². The van der Waals surface area contributed by atoms with Gasteiger partial charge in [0.1, 0.15) is 0 Å². The molecule has 58 valence electrons. The van der Waals surface area contributed by atoms with E-state index in [0.29, 0.717) is 0 Å². The molecule has 10 heavy (non-hydrogen) atoms. The van der Waals surface area contributed by atoms with Crippen molar-refractivity contribution in [2.45, 2.75) is 31.3 Å². The molecule has 2 atom stereocenters. The number of nitrogens with zero attached hydrogens (tertiary/aromatic N) is 1. The fourth-order valence-electron chi connectivity index (χ4n) is 1.95. The normalized spacial score (nSPS) is 37.7. The first-order valence-corrected chi connectivity index (χ1v) is 3.76. The summed E-state index contributed by atoms with van der Waals surface area (Å²) in [5, 5.41) is 0. The van der Waals surface area contributed by atoms with Crippen LogP contribution in [0.4, 0.5) is 0 Å². The highest BCUT2D eigenvalue weighted by Crippen LogP contribution is 2.29. The van der Waals surface area contributed by atoms with Gasteiger partial charge in [-0.3, -0.25) is 4.90 Å². The monoisotopic (exact) mass is 159 g/mol. The van der Waals surface area contributed by atoms with Crippen molar-refractivity contribution in [1.29, 1.82) is 0 Å². The Bertz CT molecular complexity index is 144. The maximum Gasteiger partial charge on any atom is 0.0278 e. The van der Waals surface area contributed by atoms with Gasteiger partial charge in [0.25, 0.3) is 0 Å². The molecule has 0 aromatic carbocycles. The maximum atomic E-state index is 2.50. The fraction of sp³-hybridized carbons (Fsp3) is 0.750. The molecule has 0 saturated carbocycles. The highest BCUT2D eigenvalue weighted by Gasteiger charge is 2.29. The van der Waals surface area contributed by atoms with Crippen LogP contribution in [0.3, 0.4) is 0 Å². The van der Waals surface area contributed by atoms with Crippen LogP contribution in [0.2, 0.25) is 0 Å². The second-order valence-electron chi connectivity index (χ2n) is 3.13. The van der Waals surface area contributed by atoms with Crippen LogP contribution in [0.25, 0.3) is 0 Å². The lowest BCUT2D eigenvalue weighted by molar-refractivity contribution is 0.260. The molecule has 1 saturated heterocycles. The molecule has 0 aromatic rings. The molecule has 0 radical (unpaired) electrons. The van der Waals surface area contributed by atoms with Crippen LogP contribution in [0.5, 0.6) is 0 Å². The second kappa shape index (κ2) is 2.93. The third-order valence-electron chi connectivity index (χ3n) is 2.66. The van der Waals surface area contributed by atoms with Gasteiger partial charge in [0, 0.05) is 12.1 Å². The molecule has 2 heteroatoms. The van der Waals surface area contributed by atoms with Crippen LogP contribution in [0.15, 0.2) is 12.2 Å². The van der Waals surface area contributed by atoms with Crippen LogP contribution in [-0.2, 0) is 0 Å². The summed E-state index contributed by atoms with van der Waals surface area (Å²) >= 11 is 0. The van der Waals surface area contributed by atoms with E-state index in [4.69, 9.17) is 0 Å². The summed E-state index contributed by atoms with van der Waals surface area (Å²) < 4.78 is 0. The summed E-state index contributed by atoms with van der Waals surface area (Å²) in [6, 6.07) is 1.66. The Hall–Kier alpha value is -0.0100. The highest BCUT2D eigenvalue weighted by molar-refractivity contribution is 5.85. The Morgan fingerprint density at radius 1 is 1.40 bits per heavy atom. The third-order valence-corrected chi connectivity index (χ3v) is 2.66. The zero-order valence-electron chi connectivity index (χ0n) is 6.29. The quantitative estimate of drug-likeness (QED) is 0.488. The highest BCUT2D eigenvalue weighted by atomic mass is 35.5. The molecule has 0 spiro atoms. The van der Waals surface area contributed by atoms with Crippen molar-refractivity contribution in [1.82, 2.24) is 4.90 Å². The maximum absolute atomic E-state index is 2.50. The van der Waals surface area contributed by atoms with Gasteiger partial charge in [-0.25, -0.2) is 0 Å². The standard InChI is InChI=1S/C8H13N.ClH/c1-9-7-3-2-4-8(9)6-5-7;/h2-3,7-8H,4-6H2,1H3;1H. The number of halogens is 1. The Morgan fingerprint density at radius 3 is 2.80 bits per heavy atom. The molecule has 0 amide bonds. The van der Waals surface area contributed by atoms with Gasteiger partial charge in [-0.05, 0) is 26.3 Å². The van der Waals surface area contributed by atoms with E-state index in [9.17, 15) is 0 Å². The third kappa shape index (κ3) is 1.08.